The lowest BCUT2D eigenvalue weighted by Gasteiger charge is -2.36. The molecular formula is C31H26BrClN2O4. The summed E-state index contributed by atoms with van der Waals surface area (Å²) in [6.07, 6.45) is 5.85. The Morgan fingerprint density at radius 1 is 0.974 bits per heavy atom. The number of Topliss-reactive ketones (excluding diaryl/α,β-unsaturated/α-hetero) is 1. The third-order valence-corrected chi connectivity index (χ3v) is 8.49. The number of nitrogens with zero attached hydrogens (tertiary/aromatic N) is 2. The number of ketones is 1. The Bertz CT molecular complexity index is 1490. The number of rotatable bonds is 7. The number of anilines is 2. The van der Waals surface area contributed by atoms with Crippen LogP contribution in [0.3, 0.4) is 0 Å². The molecule has 6 nitrogen and oxygen atoms in total. The largest absolute Gasteiger partial charge is 0.494 e. The van der Waals surface area contributed by atoms with E-state index in [0.29, 0.717) is 28.6 Å². The van der Waals surface area contributed by atoms with Crippen LogP contribution >= 0.6 is 27.5 Å². The van der Waals surface area contributed by atoms with Crippen molar-refractivity contribution in [3.8, 4) is 5.75 Å². The third-order valence-electron chi connectivity index (χ3n) is 7.73. The molecule has 3 heterocycles. The lowest BCUT2D eigenvalue weighted by atomic mass is 9.86. The molecule has 2 amide bonds. The van der Waals surface area contributed by atoms with Crippen LogP contribution in [-0.4, -0.2) is 36.3 Å². The normalized spacial score (nSPS) is 23.1. The van der Waals surface area contributed by atoms with Gasteiger partial charge in [0.1, 0.15) is 11.8 Å². The summed E-state index contributed by atoms with van der Waals surface area (Å²) in [6, 6.07) is 18.3. The fourth-order valence-electron chi connectivity index (χ4n) is 5.90. The van der Waals surface area contributed by atoms with Gasteiger partial charge in [0.15, 0.2) is 5.78 Å². The van der Waals surface area contributed by atoms with Crippen molar-refractivity contribution in [2.45, 2.75) is 31.8 Å². The van der Waals surface area contributed by atoms with Crippen molar-refractivity contribution in [1.82, 2.24) is 0 Å². The third kappa shape index (κ3) is 4.38. The molecule has 2 fully saturated rings. The molecule has 0 bridgehead atoms. The molecule has 0 N–H and O–H groups in total. The Balaban J connectivity index is 1.40. The van der Waals surface area contributed by atoms with E-state index in [9.17, 15) is 14.4 Å². The SMILES string of the molecule is CCCCOc1ccc(N2C(=O)[C@@H]3[C@H](C2=O)[C@@H](C(=O)c2ccc(Br)cc2)N2c4cc(Cl)ccc4C=C[C@H]32)cc1. The van der Waals surface area contributed by atoms with Gasteiger partial charge in [-0.2, -0.15) is 0 Å². The van der Waals surface area contributed by atoms with Crippen LogP contribution in [0.2, 0.25) is 5.02 Å². The van der Waals surface area contributed by atoms with E-state index in [2.05, 4.69) is 22.9 Å². The highest BCUT2D eigenvalue weighted by molar-refractivity contribution is 9.10. The van der Waals surface area contributed by atoms with E-state index >= 15 is 0 Å². The predicted molar refractivity (Wildman–Crippen MR) is 155 cm³/mol. The molecule has 4 atom stereocenters. The quantitative estimate of drug-likeness (QED) is 0.174. The monoisotopic (exact) mass is 604 g/mol. The highest BCUT2D eigenvalue weighted by atomic mass is 79.9. The lowest BCUT2D eigenvalue weighted by Crippen LogP contribution is -2.48. The minimum atomic E-state index is -0.860. The van der Waals surface area contributed by atoms with Gasteiger partial charge in [0, 0.05) is 20.7 Å². The molecule has 3 aliphatic rings. The van der Waals surface area contributed by atoms with Crippen molar-refractivity contribution in [3.05, 3.63) is 93.4 Å². The molecule has 2 saturated heterocycles. The van der Waals surface area contributed by atoms with Crippen molar-refractivity contribution in [1.29, 1.82) is 0 Å². The maximum Gasteiger partial charge on any atom is 0.240 e. The number of carbonyl (C=O) groups excluding carboxylic acids is 3. The van der Waals surface area contributed by atoms with E-state index in [1.165, 1.54) is 4.90 Å². The number of ether oxygens (including phenoxy) is 1. The maximum atomic E-state index is 14.1. The van der Waals surface area contributed by atoms with Crippen LogP contribution in [0.5, 0.6) is 5.75 Å². The standard InChI is InChI=1S/C31H26BrClN2O4/c1-2-3-16-39-23-13-11-22(12-14-23)34-30(37)26-24-15-7-18-6-10-21(33)17-25(18)35(24)28(27(26)31(34)38)29(36)19-4-8-20(32)9-5-19/h4-15,17,24,26-28H,2-3,16H2,1H3/t24-,26+,27+,28+/m1/s1. The van der Waals surface area contributed by atoms with Crippen molar-refractivity contribution in [2.75, 3.05) is 16.4 Å². The van der Waals surface area contributed by atoms with E-state index < -0.39 is 23.9 Å². The first-order chi connectivity index (χ1) is 18.9. The second kappa shape index (κ2) is 10.3. The number of amides is 2. The summed E-state index contributed by atoms with van der Waals surface area (Å²) >= 11 is 9.79. The van der Waals surface area contributed by atoms with Crippen molar-refractivity contribution >= 4 is 62.6 Å². The first kappa shape index (κ1) is 25.8. The van der Waals surface area contributed by atoms with Crippen LogP contribution in [0.4, 0.5) is 11.4 Å². The number of hydrogen-bond acceptors (Lipinski definition) is 5. The number of benzene rings is 3. The number of halogens is 2. The average Bonchev–Trinajstić information content (AvgIpc) is 3.42. The van der Waals surface area contributed by atoms with Crippen molar-refractivity contribution < 1.29 is 19.1 Å². The summed E-state index contributed by atoms with van der Waals surface area (Å²) in [5.74, 6) is -1.74. The molecule has 6 rings (SSSR count). The van der Waals surface area contributed by atoms with Gasteiger partial charge in [-0.1, -0.05) is 71.2 Å². The molecule has 0 unspecified atom stereocenters. The van der Waals surface area contributed by atoms with Crippen molar-refractivity contribution in [2.24, 2.45) is 11.8 Å². The first-order valence-corrected chi connectivity index (χ1v) is 14.2. The summed E-state index contributed by atoms with van der Waals surface area (Å²) in [6.45, 7) is 2.70. The molecule has 3 aromatic carbocycles. The van der Waals surface area contributed by atoms with Gasteiger partial charge in [-0.3, -0.25) is 14.4 Å². The first-order valence-electron chi connectivity index (χ1n) is 13.1. The van der Waals surface area contributed by atoms with Gasteiger partial charge < -0.3 is 9.64 Å². The Kier molecular flexibility index (Phi) is 6.81. The molecule has 8 heteroatoms. The maximum absolute atomic E-state index is 14.1. The Hall–Kier alpha value is -3.42. The van der Waals surface area contributed by atoms with Crippen molar-refractivity contribution in [3.63, 3.8) is 0 Å². The number of fused-ring (bicyclic) bond motifs is 5. The van der Waals surface area contributed by atoms with Crippen LogP contribution in [0, 0.1) is 11.8 Å². The molecule has 198 valence electrons. The fourth-order valence-corrected chi connectivity index (χ4v) is 6.33. The highest BCUT2D eigenvalue weighted by Gasteiger charge is 2.64. The predicted octanol–water partition coefficient (Wildman–Crippen LogP) is 6.55. The Labute approximate surface area is 240 Å². The fraction of sp³-hybridized carbons (Fsp3) is 0.258. The van der Waals surface area contributed by atoms with E-state index in [-0.39, 0.29) is 17.6 Å². The number of unbranched alkanes of at least 4 members (excludes halogenated alkanes) is 1. The van der Waals surface area contributed by atoms with Gasteiger partial charge in [-0.05, 0) is 60.5 Å². The van der Waals surface area contributed by atoms with Crippen LogP contribution in [0.25, 0.3) is 6.08 Å². The second-order valence-electron chi connectivity index (χ2n) is 10.0. The lowest BCUT2D eigenvalue weighted by molar-refractivity contribution is -0.122. The highest BCUT2D eigenvalue weighted by Crippen LogP contribution is 2.50. The van der Waals surface area contributed by atoms with E-state index in [4.69, 9.17) is 16.3 Å². The van der Waals surface area contributed by atoms with E-state index in [1.807, 2.05) is 23.1 Å². The number of imide groups is 1. The number of carbonyl (C=O) groups is 3. The molecule has 3 aromatic rings. The van der Waals surface area contributed by atoms with E-state index in [1.54, 1.807) is 60.7 Å². The zero-order valence-electron chi connectivity index (χ0n) is 21.2. The molecular weight excluding hydrogens is 580 g/mol. The van der Waals surface area contributed by atoms with Gasteiger partial charge >= 0.3 is 0 Å². The van der Waals surface area contributed by atoms with Gasteiger partial charge in [-0.15, -0.1) is 0 Å². The van der Waals surface area contributed by atoms with Crippen LogP contribution in [0.1, 0.15) is 35.7 Å². The molecule has 39 heavy (non-hydrogen) atoms. The summed E-state index contributed by atoms with van der Waals surface area (Å²) in [5.41, 5.74) is 2.60. The second-order valence-corrected chi connectivity index (χ2v) is 11.4. The molecule has 0 aromatic heterocycles. The minimum Gasteiger partial charge on any atom is -0.494 e. The molecule has 3 aliphatic heterocycles. The number of hydrogen-bond donors (Lipinski definition) is 0. The molecule has 0 aliphatic carbocycles. The zero-order valence-corrected chi connectivity index (χ0v) is 23.6. The van der Waals surface area contributed by atoms with Gasteiger partial charge in [0.2, 0.25) is 11.8 Å². The molecule has 0 saturated carbocycles. The Morgan fingerprint density at radius 3 is 2.41 bits per heavy atom. The summed E-state index contributed by atoms with van der Waals surface area (Å²) in [5, 5.41) is 0.523. The van der Waals surface area contributed by atoms with Gasteiger partial charge in [-0.25, -0.2) is 4.90 Å². The topological polar surface area (TPSA) is 66.9 Å². The zero-order chi connectivity index (χ0) is 27.3. The van der Waals surface area contributed by atoms with Crippen LogP contribution in [0.15, 0.2) is 77.3 Å². The van der Waals surface area contributed by atoms with Crippen LogP contribution < -0.4 is 14.5 Å². The molecule has 0 radical (unpaired) electrons. The molecule has 0 spiro atoms. The minimum absolute atomic E-state index is 0.205. The van der Waals surface area contributed by atoms with Crippen LogP contribution in [-0.2, 0) is 9.59 Å². The van der Waals surface area contributed by atoms with E-state index in [0.717, 1.165) is 28.6 Å². The van der Waals surface area contributed by atoms with Gasteiger partial charge in [0.05, 0.1) is 30.2 Å². The van der Waals surface area contributed by atoms with Gasteiger partial charge in [0.25, 0.3) is 0 Å². The summed E-state index contributed by atoms with van der Waals surface area (Å²) in [7, 11) is 0. The smallest absolute Gasteiger partial charge is 0.240 e. The Morgan fingerprint density at radius 2 is 1.69 bits per heavy atom. The summed E-state index contributed by atoms with van der Waals surface area (Å²) in [4.78, 5) is 45.3. The average molecular weight is 606 g/mol. The summed E-state index contributed by atoms with van der Waals surface area (Å²) < 4.78 is 6.60.